The fraction of sp³-hybridized carbons (Fsp3) is 0.250. The smallest absolute Gasteiger partial charge is 0.164 e. The van der Waals surface area contributed by atoms with Gasteiger partial charge in [-0.2, -0.15) is 0 Å². The normalized spacial score (nSPS) is 15.1. The number of halogens is 3. The zero-order valence-corrected chi connectivity index (χ0v) is 15.8. The highest BCUT2D eigenvalue weighted by molar-refractivity contribution is 5.85. The quantitative estimate of drug-likeness (QED) is 0.509. The Morgan fingerprint density at radius 1 is 0.964 bits per heavy atom. The largest absolute Gasteiger partial charge is 0.299 e. The van der Waals surface area contributed by atoms with Crippen LogP contribution >= 0.6 is 0 Å². The zero-order chi connectivity index (χ0) is 19.7. The highest BCUT2D eigenvalue weighted by Crippen LogP contribution is 2.29. The van der Waals surface area contributed by atoms with Crippen molar-refractivity contribution >= 4 is 16.3 Å². The van der Waals surface area contributed by atoms with Gasteiger partial charge in [0.2, 0.25) is 0 Å². The average Bonchev–Trinajstić information content (AvgIpc) is 2.74. The van der Waals surface area contributed by atoms with Crippen LogP contribution in [0, 0.1) is 24.4 Å². The first-order valence-electron chi connectivity index (χ1n) is 9.57. The van der Waals surface area contributed by atoms with Crippen LogP contribution in [0.4, 0.5) is 13.2 Å². The Hall–Kier alpha value is -2.59. The van der Waals surface area contributed by atoms with Crippen molar-refractivity contribution < 1.29 is 13.2 Å². The van der Waals surface area contributed by atoms with Gasteiger partial charge in [0, 0.05) is 30.8 Å². The summed E-state index contributed by atoms with van der Waals surface area (Å²) in [4.78, 5) is 2.30. The molecular weight excluding hydrogens is 359 g/mol. The van der Waals surface area contributed by atoms with Gasteiger partial charge in [-0.3, -0.25) is 4.90 Å². The fourth-order valence-corrected chi connectivity index (χ4v) is 3.91. The molecular formula is C24H22F3N. The van der Waals surface area contributed by atoms with E-state index in [0.717, 1.165) is 31.1 Å². The summed E-state index contributed by atoms with van der Waals surface area (Å²) in [6, 6.07) is 15.7. The van der Waals surface area contributed by atoms with Gasteiger partial charge in [0.15, 0.2) is 11.6 Å². The zero-order valence-electron chi connectivity index (χ0n) is 15.8. The Morgan fingerprint density at radius 2 is 1.75 bits per heavy atom. The molecule has 1 nitrogen and oxygen atoms in total. The maximum atomic E-state index is 14.4. The summed E-state index contributed by atoms with van der Waals surface area (Å²) in [6.45, 7) is 3.62. The van der Waals surface area contributed by atoms with Gasteiger partial charge in [0.1, 0.15) is 5.82 Å². The minimum Gasteiger partial charge on any atom is -0.299 e. The lowest BCUT2D eigenvalue weighted by Crippen LogP contribution is -2.30. The van der Waals surface area contributed by atoms with E-state index in [1.807, 2.05) is 12.1 Å². The molecule has 0 N–H and O–H groups in total. The van der Waals surface area contributed by atoms with Crippen LogP contribution in [0.5, 0.6) is 0 Å². The molecule has 1 aliphatic rings. The first-order chi connectivity index (χ1) is 13.5. The van der Waals surface area contributed by atoms with Crippen molar-refractivity contribution in [3.8, 4) is 0 Å². The molecule has 0 saturated heterocycles. The first kappa shape index (κ1) is 18.8. The molecule has 0 amide bonds. The van der Waals surface area contributed by atoms with E-state index in [9.17, 15) is 13.2 Å². The molecule has 3 aromatic rings. The number of hydrogen-bond acceptors (Lipinski definition) is 1. The van der Waals surface area contributed by atoms with E-state index >= 15 is 0 Å². The van der Waals surface area contributed by atoms with Crippen LogP contribution in [-0.4, -0.2) is 24.5 Å². The van der Waals surface area contributed by atoms with Gasteiger partial charge in [-0.1, -0.05) is 48.5 Å². The molecule has 4 heteroatoms. The highest BCUT2D eigenvalue weighted by atomic mass is 19.2. The lowest BCUT2D eigenvalue weighted by atomic mass is 9.96. The van der Waals surface area contributed by atoms with Crippen LogP contribution in [0.3, 0.4) is 0 Å². The summed E-state index contributed by atoms with van der Waals surface area (Å²) in [5.74, 6) is -2.75. The average molecular weight is 381 g/mol. The second-order valence-electron chi connectivity index (χ2n) is 7.33. The summed E-state index contributed by atoms with van der Waals surface area (Å²) in [7, 11) is 0. The van der Waals surface area contributed by atoms with Crippen molar-refractivity contribution in [2.45, 2.75) is 19.8 Å². The molecule has 28 heavy (non-hydrogen) atoms. The Balaban J connectivity index is 1.46. The summed E-state index contributed by atoms with van der Waals surface area (Å²) in [6.07, 6.45) is 3.49. The van der Waals surface area contributed by atoms with Gasteiger partial charge < -0.3 is 0 Å². The fourth-order valence-electron chi connectivity index (χ4n) is 3.91. The van der Waals surface area contributed by atoms with Crippen molar-refractivity contribution in [2.75, 3.05) is 19.6 Å². The minimum absolute atomic E-state index is 0.185. The highest BCUT2D eigenvalue weighted by Gasteiger charge is 2.20. The topological polar surface area (TPSA) is 3.24 Å². The van der Waals surface area contributed by atoms with E-state index in [2.05, 4.69) is 41.3 Å². The number of fused-ring (bicyclic) bond motifs is 1. The van der Waals surface area contributed by atoms with Crippen molar-refractivity contribution in [1.29, 1.82) is 0 Å². The van der Waals surface area contributed by atoms with E-state index in [-0.39, 0.29) is 11.1 Å². The van der Waals surface area contributed by atoms with E-state index in [0.29, 0.717) is 13.0 Å². The number of benzene rings is 3. The van der Waals surface area contributed by atoms with Crippen LogP contribution < -0.4 is 0 Å². The third-order valence-electron chi connectivity index (χ3n) is 5.59. The van der Waals surface area contributed by atoms with Crippen LogP contribution in [-0.2, 0) is 6.42 Å². The van der Waals surface area contributed by atoms with Crippen LogP contribution in [0.15, 0.2) is 54.6 Å². The van der Waals surface area contributed by atoms with Gasteiger partial charge >= 0.3 is 0 Å². The Bertz CT molecular complexity index is 1050. The van der Waals surface area contributed by atoms with Crippen LogP contribution in [0.2, 0.25) is 0 Å². The standard InChI is InChI=1S/C24H22F3N/c1-16-23(26)21(15-22(25)24(16)27)19-10-13-28(14-11-19)12-9-18-7-4-6-17-5-2-3-8-20(17)18/h2-8,10,15H,9,11-14H2,1H3. The van der Waals surface area contributed by atoms with Gasteiger partial charge in [-0.15, -0.1) is 0 Å². The Kier molecular flexibility index (Phi) is 5.23. The van der Waals surface area contributed by atoms with E-state index in [4.69, 9.17) is 0 Å². The monoisotopic (exact) mass is 381 g/mol. The molecule has 0 fully saturated rings. The molecule has 0 unspecified atom stereocenters. The Morgan fingerprint density at radius 3 is 2.54 bits per heavy atom. The molecule has 3 aromatic carbocycles. The second-order valence-corrected chi connectivity index (χ2v) is 7.33. The molecule has 144 valence electrons. The van der Waals surface area contributed by atoms with Crippen molar-refractivity contribution in [2.24, 2.45) is 0 Å². The van der Waals surface area contributed by atoms with Crippen molar-refractivity contribution in [3.05, 3.63) is 88.7 Å². The molecule has 0 bridgehead atoms. The second kappa shape index (κ2) is 7.80. The van der Waals surface area contributed by atoms with Gasteiger partial charge in [-0.25, -0.2) is 13.2 Å². The number of hydrogen-bond donors (Lipinski definition) is 0. The molecule has 0 spiro atoms. The molecule has 1 aliphatic heterocycles. The molecule has 0 atom stereocenters. The number of nitrogens with zero attached hydrogens (tertiary/aromatic N) is 1. The minimum atomic E-state index is -1.10. The molecule has 0 aliphatic carbocycles. The molecule has 0 radical (unpaired) electrons. The van der Waals surface area contributed by atoms with Gasteiger partial charge in [-0.05, 0) is 47.7 Å². The van der Waals surface area contributed by atoms with Crippen molar-refractivity contribution in [1.82, 2.24) is 4.90 Å². The van der Waals surface area contributed by atoms with Crippen molar-refractivity contribution in [3.63, 3.8) is 0 Å². The van der Waals surface area contributed by atoms with Crippen LogP contribution in [0.1, 0.15) is 23.1 Å². The third-order valence-corrected chi connectivity index (χ3v) is 5.59. The maximum absolute atomic E-state index is 14.4. The van der Waals surface area contributed by atoms with Gasteiger partial charge in [0.05, 0.1) is 0 Å². The lowest BCUT2D eigenvalue weighted by molar-refractivity contribution is 0.306. The SMILES string of the molecule is Cc1c(F)c(F)cc(C2=CCN(CCc3cccc4ccccc34)CC2)c1F. The first-order valence-corrected chi connectivity index (χ1v) is 9.57. The molecule has 1 heterocycles. The molecule has 0 aromatic heterocycles. The summed E-state index contributed by atoms with van der Waals surface area (Å²) in [5.41, 5.74) is 2.00. The summed E-state index contributed by atoms with van der Waals surface area (Å²) >= 11 is 0. The summed E-state index contributed by atoms with van der Waals surface area (Å²) in [5, 5.41) is 2.52. The third kappa shape index (κ3) is 3.57. The maximum Gasteiger partial charge on any atom is 0.164 e. The predicted molar refractivity (Wildman–Crippen MR) is 108 cm³/mol. The predicted octanol–water partition coefficient (Wildman–Crippen LogP) is 5.90. The van der Waals surface area contributed by atoms with Crippen LogP contribution in [0.25, 0.3) is 16.3 Å². The molecule has 0 saturated carbocycles. The lowest BCUT2D eigenvalue weighted by Gasteiger charge is -2.27. The van der Waals surface area contributed by atoms with E-state index in [1.54, 1.807) is 0 Å². The number of rotatable bonds is 4. The van der Waals surface area contributed by atoms with Gasteiger partial charge in [0.25, 0.3) is 0 Å². The van der Waals surface area contributed by atoms with E-state index < -0.39 is 17.5 Å². The van der Waals surface area contributed by atoms with E-state index in [1.165, 1.54) is 23.3 Å². The molecule has 4 rings (SSSR count). The summed E-state index contributed by atoms with van der Waals surface area (Å²) < 4.78 is 41.6. The Labute approximate surface area is 163 Å².